The molecule has 0 saturated heterocycles. The summed E-state index contributed by atoms with van der Waals surface area (Å²) in [5.41, 5.74) is 8.64. The van der Waals surface area contributed by atoms with Crippen LogP contribution in [0.1, 0.15) is 15.9 Å². The van der Waals surface area contributed by atoms with Crippen molar-refractivity contribution < 1.29 is 9.72 Å². The minimum absolute atomic E-state index is 0.0496. The number of nitro benzene ring substituents is 1. The summed E-state index contributed by atoms with van der Waals surface area (Å²) in [6.07, 6.45) is 2.96. The van der Waals surface area contributed by atoms with Gasteiger partial charge in [-0.2, -0.15) is 9.78 Å². The molecule has 0 spiro atoms. The molecule has 0 fully saturated rings. The SMILES string of the molecule is C=CCNC(=O)c1c(N)n(/N=C/c2cccc([N+](=O)[O-])c2)c2nc3ccccc3nc12. The van der Waals surface area contributed by atoms with E-state index in [1.54, 1.807) is 30.3 Å². The summed E-state index contributed by atoms with van der Waals surface area (Å²) < 4.78 is 1.30. The van der Waals surface area contributed by atoms with Crippen molar-refractivity contribution in [3.05, 3.63) is 82.4 Å². The summed E-state index contributed by atoms with van der Waals surface area (Å²) in [7, 11) is 0. The Hall–Kier alpha value is -4.60. The second-order valence-electron chi connectivity index (χ2n) is 6.55. The number of anilines is 1. The zero-order valence-electron chi connectivity index (χ0n) is 16.2. The van der Waals surface area contributed by atoms with E-state index in [2.05, 4.69) is 27.0 Å². The van der Waals surface area contributed by atoms with Crippen molar-refractivity contribution in [1.29, 1.82) is 0 Å². The van der Waals surface area contributed by atoms with E-state index < -0.39 is 10.8 Å². The molecule has 10 nitrogen and oxygen atoms in total. The molecule has 4 rings (SSSR count). The Morgan fingerprint density at radius 2 is 1.97 bits per heavy atom. The van der Waals surface area contributed by atoms with Crippen LogP contribution >= 0.6 is 0 Å². The molecule has 2 heterocycles. The second kappa shape index (κ2) is 8.03. The predicted octanol–water partition coefficient (Wildman–Crippen LogP) is 2.87. The zero-order valence-corrected chi connectivity index (χ0v) is 16.2. The molecule has 2 aromatic carbocycles. The Labute approximate surface area is 175 Å². The maximum Gasteiger partial charge on any atom is 0.270 e. The third-order valence-electron chi connectivity index (χ3n) is 4.51. The largest absolute Gasteiger partial charge is 0.383 e. The van der Waals surface area contributed by atoms with Crippen molar-refractivity contribution in [3.63, 3.8) is 0 Å². The van der Waals surface area contributed by atoms with Crippen LogP contribution in [0.15, 0.2) is 66.3 Å². The number of nitrogens with zero attached hydrogens (tertiary/aromatic N) is 5. The monoisotopic (exact) mass is 415 g/mol. The van der Waals surface area contributed by atoms with Crippen LogP contribution in [-0.4, -0.2) is 38.2 Å². The van der Waals surface area contributed by atoms with Gasteiger partial charge in [0.2, 0.25) is 0 Å². The molecular weight excluding hydrogens is 398 g/mol. The van der Waals surface area contributed by atoms with Gasteiger partial charge in [-0.05, 0) is 12.1 Å². The number of fused-ring (bicyclic) bond motifs is 2. The quantitative estimate of drug-likeness (QED) is 0.215. The number of rotatable bonds is 6. The number of para-hydroxylation sites is 2. The molecule has 0 saturated carbocycles. The molecule has 0 aliphatic carbocycles. The van der Waals surface area contributed by atoms with Gasteiger partial charge < -0.3 is 11.1 Å². The predicted molar refractivity (Wildman–Crippen MR) is 118 cm³/mol. The number of benzene rings is 2. The molecule has 2 aromatic heterocycles. The number of hydrogen-bond acceptors (Lipinski definition) is 7. The van der Waals surface area contributed by atoms with Gasteiger partial charge in [0.15, 0.2) is 5.65 Å². The summed E-state index contributed by atoms with van der Waals surface area (Å²) >= 11 is 0. The highest BCUT2D eigenvalue weighted by molar-refractivity contribution is 6.10. The summed E-state index contributed by atoms with van der Waals surface area (Å²) in [5, 5.41) is 18.0. The summed E-state index contributed by atoms with van der Waals surface area (Å²) in [4.78, 5) is 32.4. The molecule has 1 amide bonds. The lowest BCUT2D eigenvalue weighted by molar-refractivity contribution is -0.384. The Morgan fingerprint density at radius 3 is 2.68 bits per heavy atom. The van der Waals surface area contributed by atoms with Crippen LogP contribution in [-0.2, 0) is 0 Å². The Kier molecular flexibility index (Phi) is 5.10. The van der Waals surface area contributed by atoms with E-state index in [0.29, 0.717) is 27.8 Å². The highest BCUT2D eigenvalue weighted by Gasteiger charge is 2.23. The van der Waals surface area contributed by atoms with Crippen molar-refractivity contribution in [2.45, 2.75) is 0 Å². The van der Waals surface area contributed by atoms with Gasteiger partial charge in [-0.1, -0.05) is 30.3 Å². The summed E-state index contributed by atoms with van der Waals surface area (Å²) in [5.74, 6) is -0.384. The number of amides is 1. The van der Waals surface area contributed by atoms with E-state index in [0.717, 1.165) is 0 Å². The number of non-ortho nitro benzene ring substituents is 1. The number of hydrogen-bond donors (Lipinski definition) is 2. The van der Waals surface area contributed by atoms with Crippen LogP contribution in [0.5, 0.6) is 0 Å². The van der Waals surface area contributed by atoms with E-state index in [-0.39, 0.29) is 23.6 Å². The molecule has 0 unspecified atom stereocenters. The minimum atomic E-state index is -0.490. The van der Waals surface area contributed by atoms with Crippen LogP contribution in [0.3, 0.4) is 0 Å². The molecule has 10 heteroatoms. The zero-order chi connectivity index (χ0) is 22.0. The highest BCUT2D eigenvalue weighted by atomic mass is 16.6. The molecule has 0 aliphatic rings. The number of aromatic nitrogens is 3. The van der Waals surface area contributed by atoms with Gasteiger partial charge in [0.1, 0.15) is 16.9 Å². The van der Waals surface area contributed by atoms with E-state index in [1.165, 1.54) is 23.0 Å². The molecule has 3 N–H and O–H groups in total. The van der Waals surface area contributed by atoms with E-state index >= 15 is 0 Å². The summed E-state index contributed by atoms with van der Waals surface area (Å²) in [6, 6.07) is 13.2. The van der Waals surface area contributed by atoms with Crippen LogP contribution < -0.4 is 11.1 Å². The fraction of sp³-hybridized carbons (Fsp3) is 0.0476. The van der Waals surface area contributed by atoms with Gasteiger partial charge in [-0.15, -0.1) is 6.58 Å². The number of nitrogens with two attached hydrogens (primary N) is 1. The molecule has 0 radical (unpaired) electrons. The van der Waals surface area contributed by atoms with Crippen molar-refractivity contribution >= 4 is 45.8 Å². The number of carbonyl (C=O) groups is 1. The third kappa shape index (κ3) is 3.69. The lowest BCUT2D eigenvalue weighted by Gasteiger charge is -2.02. The Morgan fingerprint density at radius 1 is 1.23 bits per heavy atom. The van der Waals surface area contributed by atoms with E-state index in [1.807, 2.05) is 12.1 Å². The highest BCUT2D eigenvalue weighted by Crippen LogP contribution is 2.27. The molecule has 0 bridgehead atoms. The molecule has 4 aromatic rings. The second-order valence-corrected chi connectivity index (χ2v) is 6.55. The van der Waals surface area contributed by atoms with Gasteiger partial charge >= 0.3 is 0 Å². The van der Waals surface area contributed by atoms with Crippen LogP contribution in [0.4, 0.5) is 11.5 Å². The first-order valence-corrected chi connectivity index (χ1v) is 9.24. The van der Waals surface area contributed by atoms with E-state index in [9.17, 15) is 14.9 Å². The van der Waals surface area contributed by atoms with Crippen molar-refractivity contribution in [2.75, 3.05) is 12.3 Å². The van der Waals surface area contributed by atoms with Crippen LogP contribution in [0.2, 0.25) is 0 Å². The van der Waals surface area contributed by atoms with Crippen molar-refractivity contribution in [3.8, 4) is 0 Å². The van der Waals surface area contributed by atoms with Gasteiger partial charge in [-0.3, -0.25) is 14.9 Å². The topological polar surface area (TPSA) is 141 Å². The standard InChI is InChI=1S/C21H17N7O3/c1-2-10-23-21(29)17-18-20(26-16-9-4-3-8-15(16)25-18)27(19(17)22)24-12-13-6-5-7-14(11-13)28(30)31/h2-9,11-12H,1,10,22H2,(H,23,29)/b24-12+. The number of nitrogens with one attached hydrogen (secondary N) is 1. The maximum absolute atomic E-state index is 12.7. The first-order chi connectivity index (χ1) is 15.0. The fourth-order valence-electron chi connectivity index (χ4n) is 3.08. The third-order valence-corrected chi connectivity index (χ3v) is 4.51. The van der Waals surface area contributed by atoms with Crippen LogP contribution in [0, 0.1) is 10.1 Å². The first kappa shape index (κ1) is 19.7. The Bertz CT molecular complexity index is 1370. The Balaban J connectivity index is 1.89. The number of nitrogen functional groups attached to an aromatic ring is 1. The number of nitro groups is 1. The molecular formula is C21H17N7O3. The lowest BCUT2D eigenvalue weighted by atomic mass is 10.2. The molecule has 31 heavy (non-hydrogen) atoms. The normalized spacial score (nSPS) is 11.2. The molecule has 0 aliphatic heterocycles. The average Bonchev–Trinajstić information content (AvgIpc) is 3.04. The molecule has 0 atom stereocenters. The number of carbonyl (C=O) groups excluding carboxylic acids is 1. The minimum Gasteiger partial charge on any atom is -0.383 e. The first-order valence-electron chi connectivity index (χ1n) is 9.24. The summed E-state index contributed by atoms with van der Waals surface area (Å²) in [6.45, 7) is 3.84. The lowest BCUT2D eigenvalue weighted by Crippen LogP contribution is -2.24. The maximum atomic E-state index is 12.7. The van der Waals surface area contributed by atoms with Crippen molar-refractivity contribution in [2.24, 2.45) is 5.10 Å². The van der Waals surface area contributed by atoms with Gasteiger partial charge in [-0.25, -0.2) is 9.97 Å². The van der Waals surface area contributed by atoms with Crippen molar-refractivity contribution in [1.82, 2.24) is 20.0 Å². The van der Waals surface area contributed by atoms with Crippen LogP contribution in [0.25, 0.3) is 22.2 Å². The van der Waals surface area contributed by atoms with Gasteiger partial charge in [0.25, 0.3) is 11.6 Å². The average molecular weight is 415 g/mol. The smallest absolute Gasteiger partial charge is 0.270 e. The van der Waals surface area contributed by atoms with Gasteiger partial charge in [0, 0.05) is 24.2 Å². The fourth-order valence-corrected chi connectivity index (χ4v) is 3.08. The van der Waals surface area contributed by atoms with E-state index in [4.69, 9.17) is 5.73 Å². The molecule has 154 valence electrons. The van der Waals surface area contributed by atoms with Gasteiger partial charge in [0.05, 0.1) is 22.2 Å².